The lowest BCUT2D eigenvalue weighted by molar-refractivity contribution is -0.121. The van der Waals surface area contributed by atoms with Crippen LogP contribution in [0.4, 0.5) is 0 Å². The minimum Gasteiger partial charge on any atom is -0.491 e. The molecule has 1 atom stereocenters. The second kappa shape index (κ2) is 7.31. The van der Waals surface area contributed by atoms with Crippen LogP contribution in [0.25, 0.3) is 0 Å². The molecule has 2 aromatic rings. The van der Waals surface area contributed by atoms with E-state index in [2.05, 4.69) is 10.5 Å². The minimum absolute atomic E-state index is 0.0637. The normalized spacial score (nSPS) is 12.3. The van der Waals surface area contributed by atoms with E-state index >= 15 is 0 Å². The number of hydrogen-bond acceptors (Lipinski definition) is 4. The Balaban J connectivity index is 2.07. The molecule has 1 heterocycles. The summed E-state index contributed by atoms with van der Waals surface area (Å²) >= 11 is 0. The van der Waals surface area contributed by atoms with E-state index in [1.54, 1.807) is 0 Å². The summed E-state index contributed by atoms with van der Waals surface area (Å²) in [6.07, 6.45) is 0.347. The summed E-state index contributed by atoms with van der Waals surface area (Å²) in [5.41, 5.74) is 2.57. The quantitative estimate of drug-likeness (QED) is 0.886. The van der Waals surface area contributed by atoms with Gasteiger partial charge in [-0.25, -0.2) is 0 Å². The summed E-state index contributed by atoms with van der Waals surface area (Å²) in [5.74, 6) is 1.42. The molecule has 0 spiro atoms. The maximum absolute atomic E-state index is 12.3. The van der Waals surface area contributed by atoms with E-state index < -0.39 is 0 Å². The molecule has 0 aliphatic carbocycles. The number of aromatic nitrogens is 1. The number of hydrogen-bond donors (Lipinski definition) is 1. The lowest BCUT2D eigenvalue weighted by Crippen LogP contribution is -2.28. The summed E-state index contributed by atoms with van der Waals surface area (Å²) in [4.78, 5) is 12.3. The number of nitrogens with one attached hydrogen (secondary N) is 1. The number of carbonyl (C=O) groups is 1. The number of aryl methyl sites for hydroxylation is 2. The Hall–Kier alpha value is -2.30. The Kier molecular flexibility index (Phi) is 5.42. The van der Waals surface area contributed by atoms with Crippen LogP contribution in [0.3, 0.4) is 0 Å². The van der Waals surface area contributed by atoms with E-state index in [1.807, 2.05) is 58.9 Å². The van der Waals surface area contributed by atoms with Crippen LogP contribution in [0.5, 0.6) is 5.75 Å². The van der Waals surface area contributed by atoms with Crippen LogP contribution in [0, 0.1) is 13.8 Å². The third kappa shape index (κ3) is 4.34. The number of rotatable bonds is 6. The Morgan fingerprint density at radius 2 is 1.96 bits per heavy atom. The van der Waals surface area contributed by atoms with Gasteiger partial charge in [0, 0.05) is 11.1 Å². The van der Waals surface area contributed by atoms with Crippen LogP contribution in [-0.4, -0.2) is 17.2 Å². The molecular weight excluding hydrogens is 292 g/mol. The Bertz CT molecular complexity index is 657. The minimum atomic E-state index is -0.141. The largest absolute Gasteiger partial charge is 0.491 e. The van der Waals surface area contributed by atoms with Gasteiger partial charge in [-0.1, -0.05) is 23.4 Å². The zero-order valence-corrected chi connectivity index (χ0v) is 14.3. The maximum Gasteiger partial charge on any atom is 0.225 e. The molecule has 0 saturated carbocycles. The molecule has 0 radical (unpaired) electrons. The molecule has 1 N–H and O–H groups in total. The molecule has 0 unspecified atom stereocenters. The first kappa shape index (κ1) is 17.1. The summed E-state index contributed by atoms with van der Waals surface area (Å²) in [7, 11) is 0. The fraction of sp³-hybridized carbons (Fsp3) is 0.444. The van der Waals surface area contributed by atoms with Crippen molar-refractivity contribution in [2.24, 2.45) is 0 Å². The van der Waals surface area contributed by atoms with E-state index in [0.717, 1.165) is 22.6 Å². The fourth-order valence-electron chi connectivity index (χ4n) is 2.48. The third-order valence-corrected chi connectivity index (χ3v) is 3.64. The molecule has 1 aromatic carbocycles. The smallest absolute Gasteiger partial charge is 0.225 e. The molecule has 1 amide bonds. The topological polar surface area (TPSA) is 64.4 Å². The molecule has 0 aliphatic heterocycles. The van der Waals surface area contributed by atoms with Crippen LogP contribution in [-0.2, 0) is 11.2 Å². The van der Waals surface area contributed by atoms with Crippen LogP contribution in [0.15, 0.2) is 28.8 Å². The fourth-order valence-corrected chi connectivity index (χ4v) is 2.48. The van der Waals surface area contributed by atoms with Crippen LogP contribution in [0.2, 0.25) is 0 Å². The van der Waals surface area contributed by atoms with Gasteiger partial charge in [-0.3, -0.25) is 4.79 Å². The Labute approximate surface area is 137 Å². The average Bonchev–Trinajstić information content (AvgIpc) is 2.79. The van der Waals surface area contributed by atoms with E-state index in [4.69, 9.17) is 9.26 Å². The van der Waals surface area contributed by atoms with E-state index in [1.165, 1.54) is 0 Å². The van der Waals surface area contributed by atoms with Crippen molar-refractivity contribution in [1.82, 2.24) is 10.5 Å². The molecule has 5 nitrogen and oxygen atoms in total. The lowest BCUT2D eigenvalue weighted by Gasteiger charge is -2.19. The predicted molar refractivity (Wildman–Crippen MR) is 88.4 cm³/mol. The zero-order chi connectivity index (χ0) is 17.0. The van der Waals surface area contributed by atoms with Crippen molar-refractivity contribution in [1.29, 1.82) is 0 Å². The first-order chi connectivity index (χ1) is 10.9. The second-order valence-electron chi connectivity index (χ2n) is 5.97. The van der Waals surface area contributed by atoms with Gasteiger partial charge in [0.2, 0.25) is 5.91 Å². The zero-order valence-electron chi connectivity index (χ0n) is 14.3. The highest BCUT2D eigenvalue weighted by molar-refractivity contribution is 5.79. The summed E-state index contributed by atoms with van der Waals surface area (Å²) in [6, 6.07) is 7.63. The van der Waals surface area contributed by atoms with Crippen molar-refractivity contribution in [2.75, 3.05) is 0 Å². The van der Waals surface area contributed by atoms with Crippen LogP contribution in [0.1, 0.15) is 49.4 Å². The number of para-hydroxylation sites is 1. The number of amides is 1. The van der Waals surface area contributed by atoms with Gasteiger partial charge in [-0.05, 0) is 40.7 Å². The Morgan fingerprint density at radius 1 is 1.26 bits per heavy atom. The third-order valence-electron chi connectivity index (χ3n) is 3.64. The van der Waals surface area contributed by atoms with Gasteiger partial charge < -0.3 is 14.6 Å². The van der Waals surface area contributed by atoms with Crippen LogP contribution >= 0.6 is 0 Å². The maximum atomic E-state index is 12.3. The van der Waals surface area contributed by atoms with Crippen molar-refractivity contribution in [3.63, 3.8) is 0 Å². The van der Waals surface area contributed by atoms with E-state index in [0.29, 0.717) is 5.76 Å². The molecule has 0 aliphatic rings. The van der Waals surface area contributed by atoms with E-state index in [9.17, 15) is 4.79 Å². The monoisotopic (exact) mass is 316 g/mol. The van der Waals surface area contributed by atoms with Gasteiger partial charge in [0.15, 0.2) is 0 Å². The number of ether oxygens (including phenoxy) is 1. The molecule has 2 rings (SSSR count). The lowest BCUT2D eigenvalue weighted by atomic mass is 10.1. The van der Waals surface area contributed by atoms with Gasteiger partial charge in [-0.15, -0.1) is 0 Å². The SMILES string of the molecule is Cc1noc(C)c1CC(=O)N[C@H](C)c1ccccc1OC(C)C. The molecule has 124 valence electrons. The van der Waals surface area contributed by atoms with Crippen LogP contribution < -0.4 is 10.1 Å². The highest BCUT2D eigenvalue weighted by atomic mass is 16.5. The van der Waals surface area contributed by atoms with E-state index in [-0.39, 0.29) is 24.5 Å². The molecule has 0 saturated heterocycles. The second-order valence-corrected chi connectivity index (χ2v) is 5.97. The number of benzene rings is 1. The summed E-state index contributed by atoms with van der Waals surface area (Å²) in [5, 5.41) is 6.89. The molecule has 0 bridgehead atoms. The van der Waals surface area contributed by atoms with Crippen molar-refractivity contribution >= 4 is 5.91 Å². The number of nitrogens with zero attached hydrogens (tertiary/aromatic N) is 1. The standard InChI is InChI=1S/C18H24N2O3/c1-11(2)22-17-9-7-6-8-15(17)12(3)19-18(21)10-16-13(4)20-23-14(16)5/h6-9,11-12H,10H2,1-5H3,(H,19,21)/t12-/m1/s1. The molecule has 5 heteroatoms. The Morgan fingerprint density at radius 3 is 2.57 bits per heavy atom. The van der Waals surface area contributed by atoms with Gasteiger partial charge in [0.25, 0.3) is 0 Å². The van der Waals surface area contributed by atoms with Gasteiger partial charge >= 0.3 is 0 Å². The summed E-state index contributed by atoms with van der Waals surface area (Å²) in [6.45, 7) is 9.58. The molecule has 1 aromatic heterocycles. The highest BCUT2D eigenvalue weighted by Gasteiger charge is 2.18. The highest BCUT2D eigenvalue weighted by Crippen LogP contribution is 2.26. The van der Waals surface area contributed by atoms with Crippen molar-refractivity contribution < 1.29 is 14.1 Å². The molecule has 0 fully saturated rings. The predicted octanol–water partition coefficient (Wildman–Crippen LogP) is 3.50. The van der Waals surface area contributed by atoms with Gasteiger partial charge in [0.05, 0.1) is 24.3 Å². The first-order valence-corrected chi connectivity index (χ1v) is 7.85. The first-order valence-electron chi connectivity index (χ1n) is 7.85. The van der Waals surface area contributed by atoms with Crippen molar-refractivity contribution in [3.8, 4) is 5.75 Å². The molecular formula is C18H24N2O3. The summed E-state index contributed by atoms with van der Waals surface area (Å²) < 4.78 is 10.9. The van der Waals surface area contributed by atoms with Gasteiger partial charge in [-0.2, -0.15) is 0 Å². The van der Waals surface area contributed by atoms with Crippen molar-refractivity contribution in [2.45, 2.75) is 53.2 Å². The molecule has 23 heavy (non-hydrogen) atoms. The van der Waals surface area contributed by atoms with Crippen molar-refractivity contribution in [3.05, 3.63) is 46.8 Å². The average molecular weight is 316 g/mol. The number of carbonyl (C=O) groups excluding carboxylic acids is 1. The van der Waals surface area contributed by atoms with Gasteiger partial charge in [0.1, 0.15) is 11.5 Å².